The summed E-state index contributed by atoms with van der Waals surface area (Å²) in [6.07, 6.45) is 3.04. The van der Waals surface area contributed by atoms with Crippen molar-refractivity contribution in [2.24, 2.45) is 0 Å². The van der Waals surface area contributed by atoms with Gasteiger partial charge in [0.25, 0.3) is 0 Å². The third-order valence-corrected chi connectivity index (χ3v) is 1.47. The van der Waals surface area contributed by atoms with E-state index in [1.165, 1.54) is 4.57 Å². The van der Waals surface area contributed by atoms with Gasteiger partial charge in [0.2, 0.25) is 0 Å². The molecular formula is C11H18NO2+. The average molecular weight is 196 g/mol. The molecule has 0 aromatic carbocycles. The highest BCUT2D eigenvalue weighted by molar-refractivity contribution is 5.56. The van der Waals surface area contributed by atoms with Gasteiger partial charge in [-0.05, 0) is 19.4 Å². The molecule has 0 unspecified atom stereocenters. The first-order valence-corrected chi connectivity index (χ1v) is 4.89. The van der Waals surface area contributed by atoms with E-state index in [2.05, 4.69) is 0 Å². The van der Waals surface area contributed by atoms with Gasteiger partial charge >= 0.3 is 6.09 Å². The number of rotatable bonds is 1. The minimum Gasteiger partial charge on any atom is -0.412 e. The highest BCUT2D eigenvalue weighted by Crippen LogP contribution is 1.90. The van der Waals surface area contributed by atoms with Crippen LogP contribution in [0, 0.1) is 6.92 Å². The third kappa shape index (κ3) is 4.03. The van der Waals surface area contributed by atoms with Gasteiger partial charge in [-0.25, -0.2) is 0 Å². The zero-order valence-electron chi connectivity index (χ0n) is 9.28. The molecule has 0 saturated heterocycles. The first-order valence-electron chi connectivity index (χ1n) is 4.89. The average Bonchev–Trinajstić information content (AvgIpc) is 2.22. The molecule has 1 heterocycles. The van der Waals surface area contributed by atoms with Gasteiger partial charge in [0.1, 0.15) is 0 Å². The van der Waals surface area contributed by atoms with Crippen LogP contribution in [0.25, 0.3) is 0 Å². The lowest BCUT2D eigenvalue weighted by atomic mass is 10.3. The van der Waals surface area contributed by atoms with Crippen LogP contribution in [0.3, 0.4) is 0 Å². The fraction of sp³-hybridized carbons (Fsp3) is 0.455. The van der Waals surface area contributed by atoms with Gasteiger partial charge < -0.3 is 4.74 Å². The number of ether oxygens (including phenoxy) is 1. The molecule has 78 valence electrons. The van der Waals surface area contributed by atoms with Gasteiger partial charge in [-0.1, -0.05) is 18.4 Å². The molecule has 0 N–H and O–H groups in total. The van der Waals surface area contributed by atoms with Crippen LogP contribution in [0.15, 0.2) is 24.5 Å². The Balaban J connectivity index is 0.000000791. The van der Waals surface area contributed by atoms with Gasteiger partial charge in [0.05, 0.1) is 6.61 Å². The normalized spacial score (nSPS) is 8.57. The number of carbonyl (C=O) groups is 1. The maximum Gasteiger partial charge on any atom is 0.601 e. The van der Waals surface area contributed by atoms with Crippen molar-refractivity contribution in [2.45, 2.75) is 27.7 Å². The van der Waals surface area contributed by atoms with E-state index in [4.69, 9.17) is 4.74 Å². The molecule has 0 saturated carbocycles. The lowest BCUT2D eigenvalue weighted by molar-refractivity contribution is -0.586. The minimum absolute atomic E-state index is 0.336. The SMILES string of the molecule is CC.CCOC(=O)[n+]1ccc(C)cc1. The Morgan fingerprint density at radius 1 is 1.36 bits per heavy atom. The van der Waals surface area contributed by atoms with Crippen molar-refractivity contribution in [3.63, 3.8) is 0 Å². The van der Waals surface area contributed by atoms with Crippen LogP contribution in [0.5, 0.6) is 0 Å². The van der Waals surface area contributed by atoms with Crippen LogP contribution >= 0.6 is 0 Å². The Morgan fingerprint density at radius 2 is 1.86 bits per heavy atom. The molecule has 3 nitrogen and oxygen atoms in total. The number of pyridine rings is 1. The summed E-state index contributed by atoms with van der Waals surface area (Å²) in [6, 6.07) is 3.72. The lowest BCUT2D eigenvalue weighted by Crippen LogP contribution is -2.42. The van der Waals surface area contributed by atoms with Crippen LogP contribution in [-0.2, 0) is 4.74 Å². The Kier molecular flexibility index (Phi) is 6.37. The van der Waals surface area contributed by atoms with Crippen LogP contribution in [-0.4, -0.2) is 12.7 Å². The van der Waals surface area contributed by atoms with Gasteiger partial charge in [-0.3, -0.25) is 0 Å². The second-order valence-corrected chi connectivity index (χ2v) is 2.48. The summed E-state index contributed by atoms with van der Waals surface area (Å²) in [5.41, 5.74) is 1.12. The zero-order valence-corrected chi connectivity index (χ0v) is 9.28. The third-order valence-electron chi connectivity index (χ3n) is 1.47. The first kappa shape index (κ1) is 12.6. The maximum absolute atomic E-state index is 11.1. The fourth-order valence-corrected chi connectivity index (χ4v) is 0.821. The Hall–Kier alpha value is -1.38. The molecule has 0 atom stereocenters. The van der Waals surface area contributed by atoms with E-state index in [0.717, 1.165) is 5.56 Å². The molecule has 1 aromatic heterocycles. The van der Waals surface area contributed by atoms with Crippen LogP contribution < -0.4 is 4.57 Å². The van der Waals surface area contributed by atoms with Crippen molar-refractivity contribution in [3.8, 4) is 0 Å². The maximum atomic E-state index is 11.1. The van der Waals surface area contributed by atoms with E-state index in [9.17, 15) is 4.79 Å². The molecule has 0 amide bonds. The molecule has 0 radical (unpaired) electrons. The van der Waals surface area contributed by atoms with E-state index >= 15 is 0 Å². The van der Waals surface area contributed by atoms with Crippen molar-refractivity contribution < 1.29 is 14.1 Å². The van der Waals surface area contributed by atoms with Gasteiger partial charge in [0, 0.05) is 12.1 Å². The summed E-state index contributed by atoms with van der Waals surface area (Å²) >= 11 is 0. The fourth-order valence-electron chi connectivity index (χ4n) is 0.821. The number of hydrogen-bond donors (Lipinski definition) is 0. The van der Waals surface area contributed by atoms with E-state index < -0.39 is 0 Å². The molecule has 0 aliphatic heterocycles. The highest BCUT2D eigenvalue weighted by atomic mass is 16.5. The Labute approximate surface area is 85.3 Å². The molecule has 1 rings (SSSR count). The number of aryl methyl sites for hydroxylation is 1. The number of carbonyl (C=O) groups excluding carboxylic acids is 1. The second-order valence-electron chi connectivity index (χ2n) is 2.48. The Bertz CT molecular complexity index is 267. The smallest absolute Gasteiger partial charge is 0.412 e. The molecule has 1 aromatic rings. The molecule has 0 aliphatic rings. The predicted octanol–water partition coefficient (Wildman–Crippen LogP) is 2.31. The number of aromatic nitrogens is 1. The van der Waals surface area contributed by atoms with Crippen molar-refractivity contribution in [3.05, 3.63) is 30.1 Å². The van der Waals surface area contributed by atoms with E-state index in [1.807, 2.05) is 32.9 Å². The molecule has 0 aliphatic carbocycles. The molecule has 0 bridgehead atoms. The first-order chi connectivity index (χ1) is 6.74. The van der Waals surface area contributed by atoms with Crippen molar-refractivity contribution in [1.82, 2.24) is 0 Å². The van der Waals surface area contributed by atoms with E-state index in [1.54, 1.807) is 19.3 Å². The quantitative estimate of drug-likeness (QED) is 0.645. The second kappa shape index (κ2) is 7.06. The highest BCUT2D eigenvalue weighted by Gasteiger charge is 2.13. The summed E-state index contributed by atoms with van der Waals surface area (Å²) in [7, 11) is 0. The molecule has 0 spiro atoms. The van der Waals surface area contributed by atoms with Crippen LogP contribution in [0.1, 0.15) is 26.3 Å². The molecule has 0 fully saturated rings. The predicted molar refractivity (Wildman–Crippen MR) is 55.1 cm³/mol. The summed E-state index contributed by atoms with van der Waals surface area (Å²) in [5, 5.41) is 0. The van der Waals surface area contributed by atoms with Crippen molar-refractivity contribution in [1.29, 1.82) is 0 Å². The summed E-state index contributed by atoms with van der Waals surface area (Å²) in [6.45, 7) is 8.15. The van der Waals surface area contributed by atoms with Gasteiger partial charge in [-0.2, -0.15) is 4.79 Å². The Morgan fingerprint density at radius 3 is 2.29 bits per heavy atom. The number of nitrogens with zero attached hydrogens (tertiary/aromatic N) is 1. The van der Waals surface area contributed by atoms with Crippen LogP contribution in [0.4, 0.5) is 4.79 Å². The van der Waals surface area contributed by atoms with Gasteiger partial charge in [-0.15, -0.1) is 0 Å². The van der Waals surface area contributed by atoms with Crippen LogP contribution in [0.2, 0.25) is 0 Å². The van der Waals surface area contributed by atoms with Crippen molar-refractivity contribution in [2.75, 3.05) is 6.61 Å². The standard InChI is InChI=1S/C9H12NO2.C2H6/c1-3-12-9(11)10-6-4-8(2)5-7-10;1-2/h4-7H,3H2,1-2H3;1-2H3/q+1;. The topological polar surface area (TPSA) is 30.2 Å². The van der Waals surface area contributed by atoms with Gasteiger partial charge in [0.15, 0.2) is 12.4 Å². The van der Waals surface area contributed by atoms with Crippen molar-refractivity contribution >= 4 is 6.09 Å². The van der Waals surface area contributed by atoms with E-state index in [-0.39, 0.29) is 6.09 Å². The molecule has 14 heavy (non-hydrogen) atoms. The van der Waals surface area contributed by atoms with E-state index in [0.29, 0.717) is 6.61 Å². The lowest BCUT2D eigenvalue weighted by Gasteiger charge is -1.94. The summed E-state index contributed by atoms with van der Waals surface area (Å²) in [5.74, 6) is 0. The molecule has 3 heteroatoms. The summed E-state index contributed by atoms with van der Waals surface area (Å²) in [4.78, 5) is 11.1. The zero-order chi connectivity index (χ0) is 11.0. The number of hydrogen-bond acceptors (Lipinski definition) is 2. The molecular weight excluding hydrogens is 178 g/mol. The summed E-state index contributed by atoms with van der Waals surface area (Å²) < 4.78 is 6.21. The minimum atomic E-state index is -0.336. The largest absolute Gasteiger partial charge is 0.601 e. The monoisotopic (exact) mass is 196 g/mol.